The van der Waals surface area contributed by atoms with Crippen LogP contribution in [0.1, 0.15) is 10.5 Å². The number of amides is 1. The third-order valence-corrected chi connectivity index (χ3v) is 4.71. The summed E-state index contributed by atoms with van der Waals surface area (Å²) in [5.41, 5.74) is 2.79. The Morgan fingerprint density at radius 1 is 0.741 bits per heavy atom. The van der Waals surface area contributed by atoms with Crippen LogP contribution in [0.2, 0.25) is 0 Å². The summed E-state index contributed by atoms with van der Waals surface area (Å²) in [6.07, 6.45) is 1.72. The number of nitrogens with one attached hydrogen (secondary N) is 1. The van der Waals surface area contributed by atoms with E-state index in [9.17, 15) is 4.79 Å². The van der Waals surface area contributed by atoms with Crippen LogP contribution in [0.3, 0.4) is 0 Å². The molecule has 0 bridgehead atoms. The van der Waals surface area contributed by atoms with Crippen LogP contribution in [0.15, 0.2) is 85.1 Å². The molecule has 5 aromatic rings. The van der Waals surface area contributed by atoms with Gasteiger partial charge in [-0.3, -0.25) is 9.78 Å². The zero-order valence-corrected chi connectivity index (χ0v) is 14.4. The van der Waals surface area contributed by atoms with E-state index in [0.29, 0.717) is 5.69 Å². The largest absolute Gasteiger partial charge is 0.320 e. The van der Waals surface area contributed by atoms with Crippen molar-refractivity contribution in [2.45, 2.75) is 0 Å². The lowest BCUT2D eigenvalue weighted by atomic mass is 10.1. The molecule has 0 saturated carbocycles. The van der Waals surface area contributed by atoms with Gasteiger partial charge in [-0.05, 0) is 23.6 Å². The van der Waals surface area contributed by atoms with Gasteiger partial charge in [0, 0.05) is 22.4 Å². The summed E-state index contributed by atoms with van der Waals surface area (Å²) in [6, 6.07) is 25.4. The number of rotatable bonds is 2. The molecule has 0 radical (unpaired) electrons. The van der Waals surface area contributed by atoms with E-state index < -0.39 is 0 Å². The summed E-state index contributed by atoms with van der Waals surface area (Å²) in [6.45, 7) is 0. The Labute approximate surface area is 155 Å². The molecule has 1 amide bonds. The molecule has 3 aromatic carbocycles. The van der Waals surface area contributed by atoms with Gasteiger partial charge in [0.2, 0.25) is 0 Å². The summed E-state index contributed by atoms with van der Waals surface area (Å²) >= 11 is 0. The molecule has 0 unspecified atom stereocenters. The highest BCUT2D eigenvalue weighted by Gasteiger charge is 2.12. The number of hydrogen-bond donors (Lipinski definition) is 1. The van der Waals surface area contributed by atoms with Crippen molar-refractivity contribution in [1.82, 2.24) is 9.97 Å². The Bertz CT molecular complexity index is 1330. The van der Waals surface area contributed by atoms with Crippen molar-refractivity contribution in [3.05, 3.63) is 90.8 Å². The van der Waals surface area contributed by atoms with Gasteiger partial charge in [-0.2, -0.15) is 0 Å². The maximum Gasteiger partial charge on any atom is 0.274 e. The van der Waals surface area contributed by atoms with E-state index in [0.717, 1.165) is 38.3 Å². The molecule has 0 atom stereocenters. The van der Waals surface area contributed by atoms with Crippen LogP contribution in [0.5, 0.6) is 0 Å². The smallest absolute Gasteiger partial charge is 0.274 e. The standard InChI is InChI=1S/C23H15N3O/c27-23(21-12-10-16-6-2-4-8-19(16)25-21)26-20-13-14-24-22-17-7-3-1-5-15(17)9-11-18(20)22/h1-14H,(H,24,26,27). The Kier molecular flexibility index (Phi) is 3.54. The zero-order chi connectivity index (χ0) is 18.2. The molecule has 0 saturated heterocycles. The molecule has 4 nitrogen and oxygen atoms in total. The summed E-state index contributed by atoms with van der Waals surface area (Å²) in [4.78, 5) is 21.8. The second kappa shape index (κ2) is 6.18. The molecule has 0 spiro atoms. The number of carbonyl (C=O) groups excluding carboxylic acids is 1. The fraction of sp³-hybridized carbons (Fsp3) is 0. The first-order valence-electron chi connectivity index (χ1n) is 8.73. The van der Waals surface area contributed by atoms with E-state index in [1.54, 1.807) is 12.3 Å². The number of nitrogens with zero attached hydrogens (tertiary/aromatic N) is 2. The first kappa shape index (κ1) is 15.5. The molecule has 0 aliphatic heterocycles. The Balaban J connectivity index is 1.57. The Morgan fingerprint density at radius 3 is 2.44 bits per heavy atom. The van der Waals surface area contributed by atoms with Crippen molar-refractivity contribution < 1.29 is 4.79 Å². The molecule has 2 heterocycles. The lowest BCUT2D eigenvalue weighted by molar-refractivity contribution is 0.102. The molecule has 0 aliphatic carbocycles. The molecule has 128 valence electrons. The zero-order valence-electron chi connectivity index (χ0n) is 14.4. The lowest BCUT2D eigenvalue weighted by Crippen LogP contribution is -2.14. The minimum absolute atomic E-state index is 0.235. The van der Waals surface area contributed by atoms with Crippen LogP contribution < -0.4 is 5.32 Å². The van der Waals surface area contributed by atoms with Gasteiger partial charge < -0.3 is 5.32 Å². The highest BCUT2D eigenvalue weighted by atomic mass is 16.1. The van der Waals surface area contributed by atoms with Crippen LogP contribution >= 0.6 is 0 Å². The lowest BCUT2D eigenvalue weighted by Gasteiger charge is -2.10. The first-order chi connectivity index (χ1) is 13.3. The predicted octanol–water partition coefficient (Wildman–Crippen LogP) is 5.19. The van der Waals surface area contributed by atoms with Crippen LogP contribution in [-0.2, 0) is 0 Å². The average Bonchev–Trinajstić information content (AvgIpc) is 2.73. The fourth-order valence-electron chi connectivity index (χ4n) is 3.38. The SMILES string of the molecule is O=C(Nc1ccnc2c1ccc1ccccc12)c1ccc2ccccc2n1. The molecule has 5 rings (SSSR count). The molecular formula is C23H15N3O. The molecule has 0 fully saturated rings. The average molecular weight is 349 g/mol. The minimum Gasteiger partial charge on any atom is -0.320 e. The van der Waals surface area contributed by atoms with Gasteiger partial charge in [-0.25, -0.2) is 4.98 Å². The molecule has 1 N–H and O–H groups in total. The monoisotopic (exact) mass is 349 g/mol. The van der Waals surface area contributed by atoms with E-state index >= 15 is 0 Å². The number of benzene rings is 3. The normalized spacial score (nSPS) is 11.1. The van der Waals surface area contributed by atoms with Gasteiger partial charge in [0.15, 0.2) is 0 Å². The molecule has 2 aromatic heterocycles. The number of pyridine rings is 2. The number of anilines is 1. The number of fused-ring (bicyclic) bond motifs is 4. The Hall–Kier alpha value is -3.79. The van der Waals surface area contributed by atoms with E-state index in [1.807, 2.05) is 66.7 Å². The third-order valence-electron chi connectivity index (χ3n) is 4.71. The fourth-order valence-corrected chi connectivity index (χ4v) is 3.38. The number of hydrogen-bond acceptors (Lipinski definition) is 3. The number of para-hydroxylation sites is 1. The maximum absolute atomic E-state index is 12.8. The topological polar surface area (TPSA) is 54.9 Å². The van der Waals surface area contributed by atoms with Gasteiger partial charge in [0.25, 0.3) is 5.91 Å². The highest BCUT2D eigenvalue weighted by Crippen LogP contribution is 2.28. The van der Waals surface area contributed by atoms with Crippen molar-refractivity contribution in [3.8, 4) is 0 Å². The quantitative estimate of drug-likeness (QED) is 0.446. The Morgan fingerprint density at radius 2 is 1.52 bits per heavy atom. The van der Waals surface area contributed by atoms with Crippen LogP contribution in [0.25, 0.3) is 32.6 Å². The van der Waals surface area contributed by atoms with Gasteiger partial charge in [-0.15, -0.1) is 0 Å². The predicted molar refractivity (Wildman–Crippen MR) is 109 cm³/mol. The van der Waals surface area contributed by atoms with Gasteiger partial charge in [0.1, 0.15) is 5.69 Å². The first-order valence-corrected chi connectivity index (χ1v) is 8.73. The summed E-state index contributed by atoms with van der Waals surface area (Å²) in [7, 11) is 0. The van der Waals surface area contributed by atoms with E-state index in [1.165, 1.54) is 0 Å². The van der Waals surface area contributed by atoms with E-state index in [2.05, 4.69) is 21.4 Å². The highest BCUT2D eigenvalue weighted by molar-refractivity contribution is 6.13. The van der Waals surface area contributed by atoms with Gasteiger partial charge in [-0.1, -0.05) is 60.7 Å². The van der Waals surface area contributed by atoms with Gasteiger partial charge >= 0.3 is 0 Å². The van der Waals surface area contributed by atoms with Crippen LogP contribution in [0.4, 0.5) is 5.69 Å². The minimum atomic E-state index is -0.235. The molecular weight excluding hydrogens is 334 g/mol. The van der Waals surface area contributed by atoms with Crippen molar-refractivity contribution in [2.75, 3.05) is 5.32 Å². The van der Waals surface area contributed by atoms with Crippen LogP contribution in [0, 0.1) is 0 Å². The van der Waals surface area contributed by atoms with Crippen molar-refractivity contribution in [1.29, 1.82) is 0 Å². The summed E-state index contributed by atoms with van der Waals surface area (Å²) in [5.74, 6) is -0.235. The number of carbonyl (C=O) groups is 1. The van der Waals surface area contributed by atoms with Crippen molar-refractivity contribution >= 4 is 44.2 Å². The van der Waals surface area contributed by atoms with Gasteiger partial charge in [0.05, 0.1) is 16.7 Å². The summed E-state index contributed by atoms with van der Waals surface area (Å²) in [5, 5.41) is 7.09. The van der Waals surface area contributed by atoms with E-state index in [4.69, 9.17) is 0 Å². The van der Waals surface area contributed by atoms with Crippen molar-refractivity contribution in [2.24, 2.45) is 0 Å². The molecule has 27 heavy (non-hydrogen) atoms. The molecule has 4 heteroatoms. The maximum atomic E-state index is 12.8. The number of aromatic nitrogens is 2. The van der Waals surface area contributed by atoms with E-state index in [-0.39, 0.29) is 5.91 Å². The molecule has 0 aliphatic rings. The second-order valence-electron chi connectivity index (χ2n) is 6.38. The van der Waals surface area contributed by atoms with Crippen molar-refractivity contribution in [3.63, 3.8) is 0 Å². The third kappa shape index (κ3) is 2.68. The van der Waals surface area contributed by atoms with Crippen LogP contribution in [-0.4, -0.2) is 15.9 Å². The second-order valence-corrected chi connectivity index (χ2v) is 6.38. The summed E-state index contributed by atoms with van der Waals surface area (Å²) < 4.78 is 0.